The summed E-state index contributed by atoms with van der Waals surface area (Å²) in [5.74, 6) is 0.891. The number of hydrogen-bond acceptors (Lipinski definition) is 4. The lowest BCUT2D eigenvalue weighted by molar-refractivity contribution is 0.0743. The number of aryl methyl sites for hydroxylation is 1. The van der Waals surface area contributed by atoms with Gasteiger partial charge in [-0.1, -0.05) is 0 Å². The molecule has 3 N–H and O–H groups in total. The second-order valence-corrected chi connectivity index (χ2v) is 6.75. The standard InChI is InChI=1S/C11H18N4OS/c1-7-8(12)9(14-13-7)10(16)15-4-5-17-11(2,3)6-15/h4-6,12H2,1-3H3,(H,13,14). The molecule has 0 aromatic carbocycles. The van der Waals surface area contributed by atoms with Gasteiger partial charge in [-0.3, -0.25) is 9.89 Å². The Kier molecular flexibility index (Phi) is 3.07. The Hall–Kier alpha value is -1.17. The summed E-state index contributed by atoms with van der Waals surface area (Å²) in [6.07, 6.45) is 0. The molecule has 0 atom stereocenters. The molecule has 2 rings (SSSR count). The molecule has 0 bridgehead atoms. The van der Waals surface area contributed by atoms with Crippen LogP contribution in [0.2, 0.25) is 0 Å². The van der Waals surface area contributed by atoms with Crippen molar-refractivity contribution in [1.82, 2.24) is 15.1 Å². The van der Waals surface area contributed by atoms with Gasteiger partial charge in [-0.15, -0.1) is 0 Å². The number of carbonyl (C=O) groups is 1. The number of aromatic amines is 1. The monoisotopic (exact) mass is 254 g/mol. The molecular weight excluding hydrogens is 236 g/mol. The van der Waals surface area contributed by atoms with Crippen LogP contribution in [0.3, 0.4) is 0 Å². The summed E-state index contributed by atoms with van der Waals surface area (Å²) in [6, 6.07) is 0. The van der Waals surface area contributed by atoms with Crippen LogP contribution in [-0.2, 0) is 0 Å². The molecule has 0 saturated carbocycles. The number of nitrogen functional groups attached to an aromatic ring is 1. The molecule has 1 saturated heterocycles. The molecule has 1 aliphatic heterocycles. The molecule has 1 amide bonds. The van der Waals surface area contributed by atoms with Gasteiger partial charge in [-0.2, -0.15) is 16.9 Å². The van der Waals surface area contributed by atoms with Crippen molar-refractivity contribution in [3.05, 3.63) is 11.4 Å². The maximum atomic E-state index is 12.3. The van der Waals surface area contributed by atoms with Crippen LogP contribution in [0.5, 0.6) is 0 Å². The van der Waals surface area contributed by atoms with Crippen molar-refractivity contribution >= 4 is 23.4 Å². The topological polar surface area (TPSA) is 75.0 Å². The Balaban J connectivity index is 2.18. The molecule has 1 fully saturated rings. The summed E-state index contributed by atoms with van der Waals surface area (Å²) >= 11 is 1.89. The molecule has 5 nitrogen and oxygen atoms in total. The van der Waals surface area contributed by atoms with E-state index in [0.29, 0.717) is 11.4 Å². The van der Waals surface area contributed by atoms with Crippen molar-refractivity contribution in [3.8, 4) is 0 Å². The third-order valence-corrected chi connectivity index (χ3v) is 4.21. The van der Waals surface area contributed by atoms with Gasteiger partial charge in [0.1, 0.15) is 0 Å². The zero-order valence-corrected chi connectivity index (χ0v) is 11.2. The van der Waals surface area contributed by atoms with Gasteiger partial charge >= 0.3 is 0 Å². The van der Waals surface area contributed by atoms with Gasteiger partial charge in [0, 0.05) is 23.6 Å². The van der Waals surface area contributed by atoms with E-state index >= 15 is 0 Å². The van der Waals surface area contributed by atoms with Gasteiger partial charge in [0.05, 0.1) is 11.4 Å². The predicted octanol–water partition coefficient (Wildman–Crippen LogP) is 1.27. The van der Waals surface area contributed by atoms with E-state index in [1.165, 1.54) is 0 Å². The van der Waals surface area contributed by atoms with Crippen LogP contribution < -0.4 is 5.73 Å². The van der Waals surface area contributed by atoms with E-state index in [4.69, 9.17) is 5.73 Å². The number of aromatic nitrogens is 2. The van der Waals surface area contributed by atoms with E-state index in [-0.39, 0.29) is 10.7 Å². The van der Waals surface area contributed by atoms with Crippen molar-refractivity contribution in [2.75, 3.05) is 24.6 Å². The van der Waals surface area contributed by atoms with Crippen LogP contribution in [-0.4, -0.2) is 44.6 Å². The van der Waals surface area contributed by atoms with Crippen molar-refractivity contribution in [1.29, 1.82) is 0 Å². The quantitative estimate of drug-likeness (QED) is 0.791. The number of nitrogens with two attached hydrogens (primary N) is 1. The van der Waals surface area contributed by atoms with E-state index in [1.807, 2.05) is 23.6 Å². The van der Waals surface area contributed by atoms with Gasteiger partial charge in [0.15, 0.2) is 5.69 Å². The van der Waals surface area contributed by atoms with E-state index in [0.717, 1.165) is 24.5 Å². The molecule has 2 heterocycles. The normalized spacial score (nSPS) is 19.4. The summed E-state index contributed by atoms with van der Waals surface area (Å²) in [6.45, 7) is 7.61. The highest BCUT2D eigenvalue weighted by molar-refractivity contribution is 8.00. The number of nitrogens with one attached hydrogen (secondary N) is 1. The lowest BCUT2D eigenvalue weighted by atomic mass is 10.1. The lowest BCUT2D eigenvalue weighted by Crippen LogP contribution is -2.46. The maximum Gasteiger partial charge on any atom is 0.276 e. The van der Waals surface area contributed by atoms with Crippen molar-refractivity contribution < 1.29 is 4.79 Å². The number of H-pyrrole nitrogens is 1. The van der Waals surface area contributed by atoms with E-state index in [9.17, 15) is 4.79 Å². The molecular formula is C11H18N4OS. The molecule has 17 heavy (non-hydrogen) atoms. The zero-order chi connectivity index (χ0) is 12.6. The smallest absolute Gasteiger partial charge is 0.276 e. The van der Waals surface area contributed by atoms with E-state index in [1.54, 1.807) is 0 Å². The molecule has 0 radical (unpaired) electrons. The number of amides is 1. The summed E-state index contributed by atoms with van der Waals surface area (Å²) in [4.78, 5) is 14.1. The highest BCUT2D eigenvalue weighted by atomic mass is 32.2. The Morgan fingerprint density at radius 2 is 2.29 bits per heavy atom. The van der Waals surface area contributed by atoms with E-state index in [2.05, 4.69) is 24.0 Å². The second kappa shape index (κ2) is 4.25. The van der Waals surface area contributed by atoms with Crippen LogP contribution in [0.25, 0.3) is 0 Å². The maximum absolute atomic E-state index is 12.3. The third-order valence-electron chi connectivity index (χ3n) is 2.91. The number of anilines is 1. The van der Waals surface area contributed by atoms with Gasteiger partial charge in [-0.05, 0) is 20.8 Å². The van der Waals surface area contributed by atoms with Crippen LogP contribution >= 0.6 is 11.8 Å². The first kappa shape index (κ1) is 12.3. The van der Waals surface area contributed by atoms with Gasteiger partial charge in [0.25, 0.3) is 5.91 Å². The van der Waals surface area contributed by atoms with Crippen molar-refractivity contribution in [3.63, 3.8) is 0 Å². The fraction of sp³-hybridized carbons (Fsp3) is 0.636. The fourth-order valence-electron chi connectivity index (χ4n) is 1.94. The molecule has 94 valence electrons. The first-order valence-corrected chi connectivity index (χ1v) is 6.63. The molecule has 1 aromatic heterocycles. The number of thioether (sulfide) groups is 1. The first-order valence-electron chi connectivity index (χ1n) is 5.64. The summed E-state index contributed by atoms with van der Waals surface area (Å²) < 4.78 is 0.105. The molecule has 1 aromatic rings. The SMILES string of the molecule is Cc1[nH]nc(C(=O)N2CCSC(C)(C)C2)c1N. The minimum atomic E-state index is -0.0692. The molecule has 0 unspecified atom stereocenters. The fourth-order valence-corrected chi connectivity index (χ4v) is 3.05. The first-order chi connectivity index (χ1) is 7.91. The molecule has 6 heteroatoms. The highest BCUT2D eigenvalue weighted by Crippen LogP contribution is 2.30. The Bertz CT molecular complexity index is 441. The predicted molar refractivity (Wildman–Crippen MR) is 70.2 cm³/mol. The highest BCUT2D eigenvalue weighted by Gasteiger charge is 2.31. The van der Waals surface area contributed by atoms with Crippen LogP contribution in [0.4, 0.5) is 5.69 Å². The number of rotatable bonds is 1. The van der Waals surface area contributed by atoms with Crippen LogP contribution in [0, 0.1) is 6.92 Å². The van der Waals surface area contributed by atoms with E-state index < -0.39 is 0 Å². The van der Waals surface area contributed by atoms with Gasteiger partial charge in [0.2, 0.25) is 0 Å². The number of hydrogen-bond donors (Lipinski definition) is 2. The molecule has 1 aliphatic rings. The molecule has 0 spiro atoms. The summed E-state index contributed by atoms with van der Waals surface area (Å²) in [5.41, 5.74) is 7.40. The minimum absolute atomic E-state index is 0.0692. The van der Waals surface area contributed by atoms with Crippen LogP contribution in [0.1, 0.15) is 30.0 Å². The second-order valence-electron chi connectivity index (χ2n) is 4.95. The minimum Gasteiger partial charge on any atom is -0.395 e. The average Bonchev–Trinajstić information content (AvgIpc) is 2.57. The Morgan fingerprint density at radius 1 is 1.59 bits per heavy atom. The summed E-state index contributed by atoms with van der Waals surface area (Å²) in [5, 5.41) is 6.74. The molecule has 0 aliphatic carbocycles. The number of nitrogens with zero attached hydrogens (tertiary/aromatic N) is 2. The van der Waals surface area contributed by atoms with Crippen molar-refractivity contribution in [2.24, 2.45) is 0 Å². The number of carbonyl (C=O) groups excluding carboxylic acids is 1. The lowest BCUT2D eigenvalue weighted by Gasteiger charge is -2.37. The zero-order valence-electron chi connectivity index (χ0n) is 10.4. The summed E-state index contributed by atoms with van der Waals surface area (Å²) in [7, 11) is 0. The van der Waals surface area contributed by atoms with Gasteiger partial charge in [-0.25, -0.2) is 0 Å². The average molecular weight is 254 g/mol. The van der Waals surface area contributed by atoms with Crippen molar-refractivity contribution in [2.45, 2.75) is 25.5 Å². The Labute approximate surface area is 105 Å². The largest absolute Gasteiger partial charge is 0.395 e. The van der Waals surface area contributed by atoms with Crippen LogP contribution in [0.15, 0.2) is 0 Å². The van der Waals surface area contributed by atoms with Gasteiger partial charge < -0.3 is 10.6 Å². The Morgan fingerprint density at radius 3 is 2.82 bits per heavy atom. The third kappa shape index (κ3) is 2.41.